The quantitative estimate of drug-likeness (QED) is 0.644. The van der Waals surface area contributed by atoms with E-state index < -0.39 is 10.0 Å². The number of hydrogen-bond acceptors (Lipinski definition) is 6. The van der Waals surface area contributed by atoms with Gasteiger partial charge in [-0.25, -0.2) is 8.42 Å². The van der Waals surface area contributed by atoms with Crippen LogP contribution in [0.25, 0.3) is 0 Å². The molecule has 0 radical (unpaired) electrons. The van der Waals surface area contributed by atoms with Crippen LogP contribution >= 0.6 is 0 Å². The number of nitrogens with one attached hydrogen (secondary N) is 2. The largest absolute Gasteiger partial charge is 0.379 e. The number of aryl methyl sites for hydroxylation is 1. The fraction of sp³-hybridized carbons (Fsp3) is 0.409. The van der Waals surface area contributed by atoms with E-state index in [0.717, 1.165) is 25.2 Å². The molecule has 0 aromatic heterocycles. The van der Waals surface area contributed by atoms with Crippen molar-refractivity contribution in [1.29, 1.82) is 0 Å². The van der Waals surface area contributed by atoms with Crippen LogP contribution in [0.5, 0.6) is 0 Å². The van der Waals surface area contributed by atoms with Crippen LogP contribution in [0, 0.1) is 6.92 Å². The molecule has 2 N–H and O–H groups in total. The molecule has 0 unspecified atom stereocenters. The fourth-order valence-corrected chi connectivity index (χ4v) is 4.40. The van der Waals surface area contributed by atoms with Crippen molar-refractivity contribution in [3.8, 4) is 0 Å². The lowest BCUT2D eigenvalue weighted by molar-refractivity contribution is 0.0383. The van der Waals surface area contributed by atoms with Gasteiger partial charge in [0.15, 0.2) is 0 Å². The minimum Gasteiger partial charge on any atom is -0.379 e. The van der Waals surface area contributed by atoms with Crippen molar-refractivity contribution >= 4 is 27.3 Å². The fourth-order valence-electron chi connectivity index (χ4n) is 3.35. The molecule has 31 heavy (non-hydrogen) atoms. The SMILES string of the molecule is Cc1ccc(S(=O)(=O)Nc2ccc(N(C)C)c(C(=O)NCCN3CCOCC3)c2)cc1. The molecule has 9 heteroatoms. The smallest absolute Gasteiger partial charge is 0.261 e. The number of nitrogens with zero attached hydrogens (tertiary/aromatic N) is 2. The Kier molecular flexibility index (Phi) is 7.53. The highest BCUT2D eigenvalue weighted by Gasteiger charge is 2.18. The summed E-state index contributed by atoms with van der Waals surface area (Å²) < 4.78 is 33.4. The number of sulfonamides is 1. The number of morpholine rings is 1. The van der Waals surface area contributed by atoms with E-state index in [0.29, 0.717) is 36.7 Å². The van der Waals surface area contributed by atoms with E-state index in [2.05, 4.69) is 14.9 Å². The third-order valence-corrected chi connectivity index (χ3v) is 6.52. The zero-order valence-electron chi connectivity index (χ0n) is 18.2. The van der Waals surface area contributed by atoms with Crippen LogP contribution in [0.15, 0.2) is 47.4 Å². The summed E-state index contributed by atoms with van der Waals surface area (Å²) in [5.74, 6) is -0.242. The van der Waals surface area contributed by atoms with Gasteiger partial charge in [0.2, 0.25) is 0 Å². The standard InChI is InChI=1S/C22H30N4O4S/c1-17-4-7-19(8-5-17)31(28,29)24-18-6-9-21(25(2)3)20(16-18)22(27)23-10-11-26-12-14-30-15-13-26/h4-9,16,24H,10-15H2,1-3H3,(H,23,27). The summed E-state index contributed by atoms with van der Waals surface area (Å²) in [6.45, 7) is 6.28. The molecule has 1 amide bonds. The monoisotopic (exact) mass is 446 g/mol. The summed E-state index contributed by atoms with van der Waals surface area (Å²) in [5, 5.41) is 2.94. The summed E-state index contributed by atoms with van der Waals surface area (Å²) >= 11 is 0. The van der Waals surface area contributed by atoms with Crippen molar-refractivity contribution in [2.75, 3.05) is 63.1 Å². The van der Waals surface area contributed by atoms with Gasteiger partial charge < -0.3 is 15.0 Å². The predicted molar refractivity (Wildman–Crippen MR) is 122 cm³/mol. The first-order chi connectivity index (χ1) is 14.8. The van der Waals surface area contributed by atoms with E-state index in [1.165, 1.54) is 0 Å². The van der Waals surface area contributed by atoms with Crippen LogP contribution in [-0.2, 0) is 14.8 Å². The summed E-state index contributed by atoms with van der Waals surface area (Å²) in [7, 11) is -0.0644. The molecule has 1 heterocycles. The van der Waals surface area contributed by atoms with E-state index in [1.807, 2.05) is 25.9 Å². The second-order valence-electron chi connectivity index (χ2n) is 7.75. The van der Waals surface area contributed by atoms with E-state index in [-0.39, 0.29) is 10.8 Å². The summed E-state index contributed by atoms with van der Waals surface area (Å²) in [5.41, 5.74) is 2.44. The summed E-state index contributed by atoms with van der Waals surface area (Å²) in [4.78, 5) is 17.1. The van der Waals surface area contributed by atoms with Gasteiger partial charge in [-0.2, -0.15) is 0 Å². The molecule has 0 spiro atoms. The number of rotatable bonds is 8. The summed E-state index contributed by atoms with van der Waals surface area (Å²) in [6.07, 6.45) is 0. The molecule has 1 fully saturated rings. The van der Waals surface area contributed by atoms with Gasteiger partial charge in [-0.15, -0.1) is 0 Å². The van der Waals surface area contributed by atoms with Crippen molar-refractivity contribution < 1.29 is 17.9 Å². The molecule has 1 saturated heterocycles. The number of ether oxygens (including phenoxy) is 1. The number of carbonyl (C=O) groups excluding carboxylic acids is 1. The molecule has 1 aliphatic rings. The maximum atomic E-state index is 12.9. The molecular formula is C22H30N4O4S. The minimum atomic E-state index is -3.75. The van der Waals surface area contributed by atoms with Gasteiger partial charge >= 0.3 is 0 Å². The van der Waals surface area contributed by atoms with Crippen molar-refractivity contribution in [1.82, 2.24) is 10.2 Å². The molecule has 0 saturated carbocycles. The molecule has 2 aromatic rings. The number of benzene rings is 2. The van der Waals surface area contributed by atoms with Crippen LogP contribution < -0.4 is 14.9 Å². The molecular weight excluding hydrogens is 416 g/mol. The molecule has 0 atom stereocenters. The highest BCUT2D eigenvalue weighted by atomic mass is 32.2. The van der Waals surface area contributed by atoms with Crippen LogP contribution in [0.1, 0.15) is 15.9 Å². The lowest BCUT2D eigenvalue weighted by Crippen LogP contribution is -2.41. The number of hydrogen-bond donors (Lipinski definition) is 2. The third kappa shape index (κ3) is 6.19. The van der Waals surface area contributed by atoms with Crippen molar-refractivity contribution in [2.45, 2.75) is 11.8 Å². The van der Waals surface area contributed by atoms with Crippen LogP contribution in [0.4, 0.5) is 11.4 Å². The Bertz CT molecular complexity index is 1000. The topological polar surface area (TPSA) is 91.0 Å². The van der Waals surface area contributed by atoms with Gasteiger partial charge in [0, 0.05) is 51.6 Å². The molecule has 3 rings (SSSR count). The zero-order valence-corrected chi connectivity index (χ0v) is 19.0. The van der Waals surface area contributed by atoms with Gasteiger partial charge in [-0.1, -0.05) is 17.7 Å². The summed E-state index contributed by atoms with van der Waals surface area (Å²) in [6, 6.07) is 11.6. The Hall–Kier alpha value is -2.62. The second-order valence-corrected chi connectivity index (χ2v) is 9.44. The van der Waals surface area contributed by atoms with Gasteiger partial charge in [0.1, 0.15) is 0 Å². The normalized spacial score (nSPS) is 14.8. The van der Waals surface area contributed by atoms with E-state index in [9.17, 15) is 13.2 Å². The minimum absolute atomic E-state index is 0.172. The van der Waals surface area contributed by atoms with Gasteiger partial charge in [-0.3, -0.25) is 14.4 Å². The molecule has 168 valence electrons. The van der Waals surface area contributed by atoms with Crippen LogP contribution in [0.3, 0.4) is 0 Å². The average molecular weight is 447 g/mol. The van der Waals surface area contributed by atoms with Crippen LogP contribution in [-0.4, -0.2) is 72.7 Å². The highest BCUT2D eigenvalue weighted by Crippen LogP contribution is 2.25. The van der Waals surface area contributed by atoms with E-state index >= 15 is 0 Å². The Morgan fingerprint density at radius 1 is 1.10 bits per heavy atom. The van der Waals surface area contributed by atoms with Crippen LogP contribution in [0.2, 0.25) is 0 Å². The molecule has 1 aliphatic heterocycles. The molecule has 8 nitrogen and oxygen atoms in total. The highest BCUT2D eigenvalue weighted by molar-refractivity contribution is 7.92. The van der Waals surface area contributed by atoms with Crippen molar-refractivity contribution in [3.05, 3.63) is 53.6 Å². The van der Waals surface area contributed by atoms with E-state index in [1.54, 1.807) is 42.5 Å². The third-order valence-electron chi connectivity index (χ3n) is 5.12. The van der Waals surface area contributed by atoms with Gasteiger partial charge in [0.05, 0.1) is 23.7 Å². The predicted octanol–water partition coefficient (Wildman–Crippen LogP) is 1.92. The Labute approximate surface area is 184 Å². The molecule has 2 aromatic carbocycles. The first-order valence-corrected chi connectivity index (χ1v) is 11.7. The Morgan fingerprint density at radius 3 is 2.42 bits per heavy atom. The Morgan fingerprint density at radius 2 is 1.77 bits per heavy atom. The Balaban J connectivity index is 1.73. The van der Waals surface area contributed by atoms with Gasteiger partial charge in [-0.05, 0) is 37.3 Å². The number of amides is 1. The zero-order chi connectivity index (χ0) is 22.4. The molecule has 0 bridgehead atoms. The number of anilines is 2. The number of carbonyl (C=O) groups is 1. The first kappa shape index (κ1) is 23.1. The van der Waals surface area contributed by atoms with Gasteiger partial charge in [0.25, 0.3) is 15.9 Å². The average Bonchev–Trinajstić information content (AvgIpc) is 2.74. The van der Waals surface area contributed by atoms with Crippen molar-refractivity contribution in [2.24, 2.45) is 0 Å². The lowest BCUT2D eigenvalue weighted by atomic mass is 10.1. The molecule has 0 aliphatic carbocycles. The maximum absolute atomic E-state index is 12.9. The van der Waals surface area contributed by atoms with Crippen molar-refractivity contribution in [3.63, 3.8) is 0 Å². The maximum Gasteiger partial charge on any atom is 0.261 e. The lowest BCUT2D eigenvalue weighted by Gasteiger charge is -2.26. The van der Waals surface area contributed by atoms with E-state index in [4.69, 9.17) is 4.74 Å². The first-order valence-electron chi connectivity index (χ1n) is 10.3. The second kappa shape index (κ2) is 10.1.